The lowest BCUT2D eigenvalue weighted by Gasteiger charge is -2.18. The zero-order chi connectivity index (χ0) is 52.2. The minimum atomic E-state index is -0.812. The largest absolute Gasteiger partial charge is 0.462 e. The Balaban J connectivity index is 4.42. The number of ether oxygens (including phenoxy) is 3. The number of hydrogen-bond acceptors (Lipinski definition) is 6. The minimum Gasteiger partial charge on any atom is -0.462 e. The van der Waals surface area contributed by atoms with Crippen LogP contribution in [0.15, 0.2) is 146 Å². The van der Waals surface area contributed by atoms with Gasteiger partial charge in [0.05, 0.1) is 0 Å². The van der Waals surface area contributed by atoms with Crippen molar-refractivity contribution in [3.63, 3.8) is 0 Å². The second-order valence-electron chi connectivity index (χ2n) is 18.4. The first-order chi connectivity index (χ1) is 35.5. The molecule has 0 N–H and O–H groups in total. The summed E-state index contributed by atoms with van der Waals surface area (Å²) in [5.41, 5.74) is 0. The summed E-state index contributed by atoms with van der Waals surface area (Å²) < 4.78 is 16.8. The second kappa shape index (κ2) is 58.9. The summed E-state index contributed by atoms with van der Waals surface area (Å²) in [7, 11) is 0. The summed E-state index contributed by atoms with van der Waals surface area (Å²) in [6.07, 6.45) is 84.1. The van der Waals surface area contributed by atoms with Gasteiger partial charge >= 0.3 is 17.9 Å². The van der Waals surface area contributed by atoms with Crippen molar-refractivity contribution in [3.05, 3.63) is 146 Å². The van der Waals surface area contributed by atoms with Crippen molar-refractivity contribution < 1.29 is 28.6 Å². The third-order valence-corrected chi connectivity index (χ3v) is 11.6. The Morgan fingerprint density at radius 1 is 0.292 bits per heavy atom. The van der Waals surface area contributed by atoms with Gasteiger partial charge in [-0.05, 0) is 135 Å². The van der Waals surface area contributed by atoms with Crippen LogP contribution in [0.25, 0.3) is 0 Å². The molecule has 0 rings (SSSR count). The van der Waals surface area contributed by atoms with Gasteiger partial charge in [-0.1, -0.05) is 224 Å². The highest BCUT2D eigenvalue weighted by atomic mass is 16.6. The lowest BCUT2D eigenvalue weighted by atomic mass is 10.1. The molecule has 6 heteroatoms. The molecule has 0 amide bonds. The molecule has 0 aliphatic rings. The molecule has 0 saturated heterocycles. The van der Waals surface area contributed by atoms with Crippen LogP contribution in [0.2, 0.25) is 0 Å². The van der Waals surface area contributed by atoms with Crippen LogP contribution in [0, 0.1) is 0 Å². The van der Waals surface area contributed by atoms with Crippen LogP contribution < -0.4 is 0 Å². The SMILES string of the molecule is CC/C=C\C/C=C\C/C=C\C/C=C\C/C=C\C/C=C\C/C=C\CCCCCCCC(=O)OCC(COC(=O)CCCCC/C=C\C/C=C\C/C=C\CC)OC(=O)CCCCCCC/C=C\C/C=C\CCCC. The molecule has 0 heterocycles. The third-order valence-electron chi connectivity index (χ3n) is 11.6. The predicted octanol–water partition coefficient (Wildman–Crippen LogP) is 19.6. The van der Waals surface area contributed by atoms with Crippen LogP contribution in [0.3, 0.4) is 0 Å². The molecule has 0 aliphatic heterocycles. The summed E-state index contributed by atoms with van der Waals surface area (Å²) in [5.74, 6) is -0.978. The van der Waals surface area contributed by atoms with Gasteiger partial charge < -0.3 is 14.2 Å². The summed E-state index contributed by atoms with van der Waals surface area (Å²) in [4.78, 5) is 38.1. The molecular weight excluding hydrogens is 889 g/mol. The van der Waals surface area contributed by atoms with Crippen molar-refractivity contribution in [3.8, 4) is 0 Å². The first-order valence-electron chi connectivity index (χ1n) is 28.8. The molecule has 6 nitrogen and oxygen atoms in total. The Morgan fingerprint density at radius 2 is 0.542 bits per heavy atom. The molecule has 1 unspecified atom stereocenters. The molecule has 0 aromatic carbocycles. The van der Waals surface area contributed by atoms with Gasteiger partial charge in [0.2, 0.25) is 0 Å². The first kappa shape index (κ1) is 67.3. The Morgan fingerprint density at radius 3 is 0.861 bits per heavy atom. The number of carbonyl (C=O) groups excluding carboxylic acids is 3. The number of rotatable bonds is 50. The fourth-order valence-electron chi connectivity index (χ4n) is 7.27. The van der Waals surface area contributed by atoms with Crippen LogP contribution in [0.4, 0.5) is 0 Å². The number of allylic oxidation sites excluding steroid dienone is 24. The van der Waals surface area contributed by atoms with Crippen molar-refractivity contribution >= 4 is 17.9 Å². The number of carbonyl (C=O) groups is 3. The number of unbranched alkanes of at least 4 members (excludes halogenated alkanes) is 15. The second-order valence-corrected chi connectivity index (χ2v) is 18.4. The molecular formula is C66H104O6. The van der Waals surface area contributed by atoms with E-state index in [1.165, 1.54) is 19.3 Å². The molecule has 0 bridgehead atoms. The van der Waals surface area contributed by atoms with E-state index < -0.39 is 6.10 Å². The molecule has 404 valence electrons. The molecule has 0 fully saturated rings. The van der Waals surface area contributed by atoms with Gasteiger partial charge in [-0.15, -0.1) is 0 Å². The van der Waals surface area contributed by atoms with E-state index in [1.807, 2.05) is 0 Å². The number of esters is 3. The lowest BCUT2D eigenvalue weighted by molar-refractivity contribution is -0.167. The van der Waals surface area contributed by atoms with Crippen molar-refractivity contribution in [2.45, 2.75) is 239 Å². The van der Waals surface area contributed by atoms with Crippen molar-refractivity contribution in [2.75, 3.05) is 13.2 Å². The van der Waals surface area contributed by atoms with Crippen molar-refractivity contribution in [1.29, 1.82) is 0 Å². The van der Waals surface area contributed by atoms with Gasteiger partial charge in [-0.3, -0.25) is 14.4 Å². The van der Waals surface area contributed by atoms with Crippen LogP contribution in [-0.4, -0.2) is 37.2 Å². The standard InChI is InChI=1S/C66H104O6/c1-4-7-10-13-16-19-22-25-27-28-29-30-31-32-33-34-35-36-37-38-39-42-44-47-50-53-56-59-65(68)71-62-63(61-70-64(67)58-55-52-49-46-43-40-24-21-18-15-12-9-6-3)72-66(69)60-57-54-51-48-45-41-26-23-20-17-14-11-8-5-2/h7,9-10,12,14,16-19,21,23,25-27,29-30,32-33,35-36,38-40,43,63H,4-6,8,11,13,15,20,22,24,28,31,34,37,41-42,44-62H2,1-3H3/b10-7-,12-9-,17-14-,19-16-,21-18-,26-23-,27-25-,30-29-,33-32-,36-35-,39-38-,43-40-. The molecule has 0 aliphatic carbocycles. The van der Waals surface area contributed by atoms with E-state index in [2.05, 4.69) is 167 Å². The highest BCUT2D eigenvalue weighted by molar-refractivity contribution is 5.71. The average Bonchev–Trinajstić information content (AvgIpc) is 3.38. The monoisotopic (exact) mass is 993 g/mol. The normalized spacial score (nSPS) is 13.2. The Bertz CT molecular complexity index is 1610. The van der Waals surface area contributed by atoms with Gasteiger partial charge in [-0.2, -0.15) is 0 Å². The summed E-state index contributed by atoms with van der Waals surface area (Å²) in [6, 6.07) is 0. The van der Waals surface area contributed by atoms with E-state index in [1.54, 1.807) is 0 Å². The fourth-order valence-corrected chi connectivity index (χ4v) is 7.27. The maximum atomic E-state index is 12.8. The van der Waals surface area contributed by atoms with Gasteiger partial charge in [0, 0.05) is 19.3 Å². The summed E-state index contributed by atoms with van der Waals surface area (Å²) in [6.45, 7) is 6.30. The minimum absolute atomic E-state index is 0.109. The maximum absolute atomic E-state index is 12.8. The Labute approximate surface area is 442 Å². The smallest absolute Gasteiger partial charge is 0.306 e. The molecule has 0 aromatic rings. The average molecular weight is 994 g/mol. The highest BCUT2D eigenvalue weighted by Crippen LogP contribution is 2.13. The highest BCUT2D eigenvalue weighted by Gasteiger charge is 2.19. The molecule has 0 aromatic heterocycles. The van der Waals surface area contributed by atoms with Crippen LogP contribution in [0.5, 0.6) is 0 Å². The van der Waals surface area contributed by atoms with E-state index in [0.717, 1.165) is 173 Å². The van der Waals surface area contributed by atoms with E-state index in [-0.39, 0.29) is 31.1 Å². The van der Waals surface area contributed by atoms with E-state index in [4.69, 9.17) is 14.2 Å². The molecule has 0 saturated carbocycles. The zero-order valence-electron chi connectivity index (χ0n) is 46.1. The Kier molecular flexibility index (Phi) is 55.0. The molecule has 72 heavy (non-hydrogen) atoms. The van der Waals surface area contributed by atoms with Gasteiger partial charge in [0.15, 0.2) is 6.10 Å². The zero-order valence-corrected chi connectivity index (χ0v) is 46.1. The third kappa shape index (κ3) is 56.2. The van der Waals surface area contributed by atoms with Crippen molar-refractivity contribution in [1.82, 2.24) is 0 Å². The van der Waals surface area contributed by atoms with Gasteiger partial charge in [0.1, 0.15) is 13.2 Å². The first-order valence-corrected chi connectivity index (χ1v) is 28.8. The van der Waals surface area contributed by atoms with Gasteiger partial charge in [-0.25, -0.2) is 0 Å². The lowest BCUT2D eigenvalue weighted by Crippen LogP contribution is -2.30. The number of hydrogen-bond donors (Lipinski definition) is 0. The summed E-state index contributed by atoms with van der Waals surface area (Å²) >= 11 is 0. The molecule has 0 radical (unpaired) electrons. The van der Waals surface area contributed by atoms with Crippen LogP contribution in [0.1, 0.15) is 233 Å². The summed E-state index contributed by atoms with van der Waals surface area (Å²) in [5, 5.41) is 0. The molecule has 0 spiro atoms. The van der Waals surface area contributed by atoms with E-state index >= 15 is 0 Å². The topological polar surface area (TPSA) is 78.9 Å². The quantitative estimate of drug-likeness (QED) is 0.0261. The van der Waals surface area contributed by atoms with E-state index in [0.29, 0.717) is 19.3 Å². The Hall–Kier alpha value is -4.71. The van der Waals surface area contributed by atoms with E-state index in [9.17, 15) is 14.4 Å². The van der Waals surface area contributed by atoms with Crippen LogP contribution in [-0.2, 0) is 28.6 Å². The van der Waals surface area contributed by atoms with Crippen molar-refractivity contribution in [2.24, 2.45) is 0 Å². The molecule has 1 atom stereocenters. The predicted molar refractivity (Wildman–Crippen MR) is 311 cm³/mol. The van der Waals surface area contributed by atoms with Gasteiger partial charge in [0.25, 0.3) is 0 Å². The van der Waals surface area contributed by atoms with Crippen LogP contribution >= 0.6 is 0 Å². The maximum Gasteiger partial charge on any atom is 0.306 e. The fraction of sp³-hybridized carbons (Fsp3) is 0.591.